The smallest absolute Gasteiger partial charge is 0.159 e. The first-order valence-electron chi connectivity index (χ1n) is 11.3. The van der Waals surface area contributed by atoms with Crippen molar-refractivity contribution in [2.24, 2.45) is 0 Å². The summed E-state index contributed by atoms with van der Waals surface area (Å²) in [5, 5.41) is 3.36. The highest BCUT2D eigenvalue weighted by Gasteiger charge is 2.21. The van der Waals surface area contributed by atoms with E-state index in [-0.39, 0.29) is 0 Å². The molecule has 7 nitrogen and oxygen atoms in total. The fraction of sp³-hybridized carbons (Fsp3) is 0.360. The van der Waals surface area contributed by atoms with Gasteiger partial charge in [-0.1, -0.05) is 25.5 Å². The SMILES string of the molecule is CCCCc1ccc(Nc2ncnc(N3CCN(c4ccc(OC)cc4)CC3)c2N)cc1. The van der Waals surface area contributed by atoms with Crippen LogP contribution in [0.1, 0.15) is 25.3 Å². The lowest BCUT2D eigenvalue weighted by atomic mass is 10.1. The van der Waals surface area contributed by atoms with E-state index in [0.29, 0.717) is 11.5 Å². The van der Waals surface area contributed by atoms with Gasteiger partial charge in [-0.25, -0.2) is 9.97 Å². The number of benzene rings is 2. The highest BCUT2D eigenvalue weighted by atomic mass is 16.5. The average molecular weight is 433 g/mol. The Morgan fingerprint density at radius 2 is 1.62 bits per heavy atom. The van der Waals surface area contributed by atoms with Crippen LogP contribution >= 0.6 is 0 Å². The van der Waals surface area contributed by atoms with Crippen molar-refractivity contribution in [1.82, 2.24) is 9.97 Å². The van der Waals surface area contributed by atoms with Gasteiger partial charge in [0.2, 0.25) is 0 Å². The van der Waals surface area contributed by atoms with Crippen LogP contribution in [0.5, 0.6) is 5.75 Å². The molecule has 3 aromatic rings. The number of ether oxygens (including phenoxy) is 1. The number of nitrogen functional groups attached to an aromatic ring is 1. The number of hydrogen-bond acceptors (Lipinski definition) is 7. The molecule has 3 N–H and O–H groups in total. The maximum Gasteiger partial charge on any atom is 0.159 e. The molecule has 168 valence electrons. The van der Waals surface area contributed by atoms with Gasteiger partial charge in [-0.05, 0) is 54.8 Å². The lowest BCUT2D eigenvalue weighted by Crippen LogP contribution is -2.47. The Morgan fingerprint density at radius 3 is 2.28 bits per heavy atom. The van der Waals surface area contributed by atoms with E-state index in [1.54, 1.807) is 13.4 Å². The van der Waals surface area contributed by atoms with Crippen molar-refractivity contribution in [3.63, 3.8) is 0 Å². The van der Waals surface area contributed by atoms with E-state index >= 15 is 0 Å². The van der Waals surface area contributed by atoms with Crippen molar-refractivity contribution in [3.05, 3.63) is 60.4 Å². The first kappa shape index (κ1) is 21.7. The number of anilines is 5. The molecule has 0 radical (unpaired) electrons. The first-order valence-corrected chi connectivity index (χ1v) is 11.3. The molecular weight excluding hydrogens is 400 g/mol. The monoisotopic (exact) mass is 432 g/mol. The second kappa shape index (κ2) is 10.2. The van der Waals surface area contributed by atoms with E-state index in [0.717, 1.165) is 49.9 Å². The molecule has 1 aliphatic heterocycles. The normalized spacial score (nSPS) is 13.8. The molecule has 0 saturated carbocycles. The van der Waals surface area contributed by atoms with Gasteiger partial charge < -0.3 is 25.6 Å². The number of aryl methyl sites for hydroxylation is 1. The Balaban J connectivity index is 1.40. The van der Waals surface area contributed by atoms with Crippen molar-refractivity contribution >= 4 is 28.7 Å². The van der Waals surface area contributed by atoms with Gasteiger partial charge >= 0.3 is 0 Å². The van der Waals surface area contributed by atoms with Crippen LogP contribution < -0.4 is 25.6 Å². The van der Waals surface area contributed by atoms with Crippen LogP contribution in [0.2, 0.25) is 0 Å². The van der Waals surface area contributed by atoms with Gasteiger partial charge in [0.05, 0.1) is 7.11 Å². The number of piperazine rings is 1. The summed E-state index contributed by atoms with van der Waals surface area (Å²) >= 11 is 0. The average Bonchev–Trinajstić information content (AvgIpc) is 2.85. The van der Waals surface area contributed by atoms with Crippen LogP contribution in [-0.4, -0.2) is 43.3 Å². The molecule has 0 unspecified atom stereocenters. The predicted molar refractivity (Wildman–Crippen MR) is 132 cm³/mol. The van der Waals surface area contributed by atoms with Crippen LogP contribution in [0, 0.1) is 0 Å². The Hall–Kier alpha value is -3.48. The molecule has 0 spiro atoms. The van der Waals surface area contributed by atoms with E-state index in [4.69, 9.17) is 10.5 Å². The van der Waals surface area contributed by atoms with Gasteiger partial charge in [0.15, 0.2) is 11.6 Å². The molecular formula is C25H32N6O. The number of nitrogens with one attached hydrogen (secondary N) is 1. The zero-order valence-corrected chi connectivity index (χ0v) is 18.9. The highest BCUT2D eigenvalue weighted by molar-refractivity contribution is 5.78. The van der Waals surface area contributed by atoms with Crippen molar-refractivity contribution in [3.8, 4) is 5.75 Å². The van der Waals surface area contributed by atoms with Crippen molar-refractivity contribution in [1.29, 1.82) is 0 Å². The lowest BCUT2D eigenvalue weighted by Gasteiger charge is -2.37. The maximum absolute atomic E-state index is 6.48. The number of hydrogen-bond donors (Lipinski definition) is 2. The first-order chi connectivity index (χ1) is 15.7. The number of aromatic nitrogens is 2. The van der Waals surface area contributed by atoms with Crippen LogP contribution in [0.4, 0.5) is 28.7 Å². The fourth-order valence-corrected chi connectivity index (χ4v) is 3.98. The Labute approximate surface area is 190 Å². The summed E-state index contributed by atoms with van der Waals surface area (Å²) in [5.74, 6) is 2.31. The van der Waals surface area contributed by atoms with Gasteiger partial charge in [0, 0.05) is 37.6 Å². The molecule has 0 atom stereocenters. The molecule has 1 fully saturated rings. The number of nitrogens with two attached hydrogens (primary N) is 1. The molecule has 1 aromatic heterocycles. The molecule has 0 amide bonds. The van der Waals surface area contributed by atoms with Crippen LogP contribution in [0.25, 0.3) is 0 Å². The largest absolute Gasteiger partial charge is 0.497 e. The molecule has 1 saturated heterocycles. The Morgan fingerprint density at radius 1 is 0.938 bits per heavy atom. The van der Waals surface area contributed by atoms with E-state index in [1.807, 2.05) is 12.1 Å². The van der Waals surface area contributed by atoms with E-state index < -0.39 is 0 Å². The molecule has 2 heterocycles. The number of unbranched alkanes of at least 4 members (excludes halogenated alkanes) is 1. The van der Waals surface area contributed by atoms with Crippen molar-refractivity contribution in [2.75, 3.05) is 54.1 Å². The third-order valence-corrected chi connectivity index (χ3v) is 5.92. The summed E-state index contributed by atoms with van der Waals surface area (Å²) in [7, 11) is 1.69. The summed E-state index contributed by atoms with van der Waals surface area (Å²) in [4.78, 5) is 13.5. The van der Waals surface area contributed by atoms with Gasteiger partial charge in [-0.3, -0.25) is 0 Å². The molecule has 4 rings (SSSR count). The fourth-order valence-electron chi connectivity index (χ4n) is 3.98. The molecule has 1 aliphatic rings. The van der Waals surface area contributed by atoms with Crippen LogP contribution in [-0.2, 0) is 6.42 Å². The molecule has 7 heteroatoms. The van der Waals surface area contributed by atoms with E-state index in [9.17, 15) is 0 Å². The maximum atomic E-state index is 6.48. The predicted octanol–water partition coefficient (Wildman–Crippen LogP) is 4.48. The standard InChI is InChI=1S/C25H32N6O/c1-3-4-5-19-6-8-20(9-7-19)29-24-23(26)25(28-18-27-24)31-16-14-30(15-17-31)21-10-12-22(32-2)13-11-21/h6-13,18H,3-5,14-17,26H2,1-2H3,(H,27,28,29). The lowest BCUT2D eigenvalue weighted by molar-refractivity contribution is 0.415. The minimum absolute atomic E-state index is 0.584. The second-order valence-corrected chi connectivity index (χ2v) is 8.06. The minimum atomic E-state index is 0.584. The van der Waals surface area contributed by atoms with E-state index in [1.165, 1.54) is 24.1 Å². The van der Waals surface area contributed by atoms with Gasteiger partial charge in [0.1, 0.15) is 17.8 Å². The third-order valence-electron chi connectivity index (χ3n) is 5.92. The Bertz CT molecular complexity index is 998. The van der Waals surface area contributed by atoms with E-state index in [2.05, 4.69) is 68.4 Å². The summed E-state index contributed by atoms with van der Waals surface area (Å²) < 4.78 is 5.26. The van der Waals surface area contributed by atoms with Gasteiger partial charge in [0.25, 0.3) is 0 Å². The Kier molecular flexibility index (Phi) is 6.94. The number of rotatable bonds is 8. The van der Waals surface area contributed by atoms with Crippen LogP contribution in [0.3, 0.4) is 0 Å². The molecule has 0 aliphatic carbocycles. The van der Waals surface area contributed by atoms with Crippen molar-refractivity contribution < 1.29 is 4.74 Å². The summed E-state index contributed by atoms with van der Waals surface area (Å²) in [5.41, 5.74) is 10.6. The van der Waals surface area contributed by atoms with Gasteiger partial charge in [-0.15, -0.1) is 0 Å². The van der Waals surface area contributed by atoms with Crippen LogP contribution in [0.15, 0.2) is 54.9 Å². The van der Waals surface area contributed by atoms with Crippen molar-refractivity contribution in [2.45, 2.75) is 26.2 Å². The second-order valence-electron chi connectivity index (χ2n) is 8.06. The topological polar surface area (TPSA) is 79.5 Å². The minimum Gasteiger partial charge on any atom is -0.497 e. The van der Waals surface area contributed by atoms with Gasteiger partial charge in [-0.2, -0.15) is 0 Å². The summed E-state index contributed by atoms with van der Waals surface area (Å²) in [6.45, 7) is 5.71. The quantitative estimate of drug-likeness (QED) is 0.543. The number of methoxy groups -OCH3 is 1. The zero-order valence-electron chi connectivity index (χ0n) is 18.9. The molecule has 32 heavy (non-hydrogen) atoms. The molecule has 2 aromatic carbocycles. The highest BCUT2D eigenvalue weighted by Crippen LogP contribution is 2.30. The molecule has 0 bridgehead atoms. The number of nitrogens with zero attached hydrogens (tertiary/aromatic N) is 4. The zero-order chi connectivity index (χ0) is 22.3. The summed E-state index contributed by atoms with van der Waals surface area (Å²) in [6, 6.07) is 16.7. The summed E-state index contributed by atoms with van der Waals surface area (Å²) in [6.07, 6.45) is 5.11. The third kappa shape index (κ3) is 5.04.